The van der Waals surface area contributed by atoms with Gasteiger partial charge in [-0.3, -0.25) is 4.79 Å². The Bertz CT molecular complexity index is 499. The van der Waals surface area contributed by atoms with Gasteiger partial charge in [0.05, 0.1) is 0 Å². The van der Waals surface area contributed by atoms with Crippen molar-refractivity contribution in [1.29, 1.82) is 0 Å². The molecule has 1 aliphatic heterocycles. The molecule has 2 fully saturated rings. The molecule has 1 aromatic carbocycles. The summed E-state index contributed by atoms with van der Waals surface area (Å²) < 4.78 is 5.05. The van der Waals surface area contributed by atoms with E-state index in [4.69, 9.17) is 4.74 Å². The molecule has 0 radical (unpaired) electrons. The van der Waals surface area contributed by atoms with Crippen LogP contribution in [0, 0.1) is 11.8 Å². The van der Waals surface area contributed by atoms with Crippen LogP contribution in [0.1, 0.15) is 31.4 Å². The molecule has 0 N–H and O–H groups in total. The Morgan fingerprint density at radius 3 is 2.68 bits per heavy atom. The van der Waals surface area contributed by atoms with E-state index in [0.717, 1.165) is 12.0 Å². The molecule has 3 unspecified atom stereocenters. The highest BCUT2D eigenvalue weighted by Gasteiger charge is 2.42. The van der Waals surface area contributed by atoms with Gasteiger partial charge in [-0.05, 0) is 23.8 Å². The van der Waals surface area contributed by atoms with Gasteiger partial charge in [-0.25, -0.2) is 9.69 Å². The Balaban J connectivity index is 1.77. The summed E-state index contributed by atoms with van der Waals surface area (Å²) in [5.41, 5.74) is 0.950. The Hall–Kier alpha value is -1.84. The minimum Gasteiger partial charge on any atom is -0.446 e. The summed E-state index contributed by atoms with van der Waals surface area (Å²) in [5.74, 6) is 0.945. The van der Waals surface area contributed by atoms with Gasteiger partial charge in [-0.2, -0.15) is 0 Å². The highest BCUT2D eigenvalue weighted by atomic mass is 16.6. The average Bonchev–Trinajstić information content (AvgIpc) is 2.95. The number of rotatable bonds is 3. The van der Waals surface area contributed by atoms with Crippen LogP contribution in [-0.2, 0) is 9.53 Å². The SMILES string of the molecule is CC1CC1CC(=O)N1C(=O)OCC1c1ccccc1. The second-order valence-electron chi connectivity index (χ2n) is 5.44. The number of hydrogen-bond acceptors (Lipinski definition) is 3. The normalized spacial score (nSPS) is 29.2. The molecule has 0 bridgehead atoms. The predicted octanol–water partition coefficient (Wildman–Crippen LogP) is 2.75. The first kappa shape index (κ1) is 12.2. The van der Waals surface area contributed by atoms with E-state index in [1.807, 2.05) is 30.3 Å². The fourth-order valence-electron chi connectivity index (χ4n) is 2.62. The molecule has 2 aliphatic rings. The molecule has 3 atom stereocenters. The van der Waals surface area contributed by atoms with E-state index in [-0.39, 0.29) is 18.6 Å². The zero-order valence-electron chi connectivity index (χ0n) is 10.9. The van der Waals surface area contributed by atoms with Gasteiger partial charge in [-0.15, -0.1) is 0 Å². The van der Waals surface area contributed by atoms with Gasteiger partial charge in [0.1, 0.15) is 12.6 Å². The van der Waals surface area contributed by atoms with Crippen LogP contribution in [0.4, 0.5) is 4.79 Å². The van der Waals surface area contributed by atoms with Gasteiger partial charge >= 0.3 is 6.09 Å². The molecule has 1 aromatic rings. The number of imide groups is 1. The van der Waals surface area contributed by atoms with Crippen molar-refractivity contribution in [1.82, 2.24) is 4.90 Å². The van der Waals surface area contributed by atoms with E-state index in [1.54, 1.807) is 0 Å². The van der Waals surface area contributed by atoms with Gasteiger partial charge in [0.15, 0.2) is 0 Å². The number of carbonyl (C=O) groups excluding carboxylic acids is 2. The Morgan fingerprint density at radius 1 is 1.37 bits per heavy atom. The molecule has 2 amide bonds. The van der Waals surface area contributed by atoms with Crippen LogP contribution in [0.5, 0.6) is 0 Å². The van der Waals surface area contributed by atoms with Crippen LogP contribution < -0.4 is 0 Å². The Morgan fingerprint density at radius 2 is 2.05 bits per heavy atom. The molecule has 100 valence electrons. The molecule has 0 aromatic heterocycles. The second kappa shape index (κ2) is 4.68. The van der Waals surface area contributed by atoms with Crippen LogP contribution in [0.2, 0.25) is 0 Å². The minimum absolute atomic E-state index is 0.106. The van der Waals surface area contributed by atoms with Crippen molar-refractivity contribution in [3.05, 3.63) is 35.9 Å². The smallest absolute Gasteiger partial charge is 0.417 e. The summed E-state index contributed by atoms with van der Waals surface area (Å²) in [6.45, 7) is 2.39. The summed E-state index contributed by atoms with van der Waals surface area (Å²) in [5, 5.41) is 0. The van der Waals surface area contributed by atoms with Crippen LogP contribution >= 0.6 is 0 Å². The van der Waals surface area contributed by atoms with Crippen LogP contribution in [0.25, 0.3) is 0 Å². The maximum atomic E-state index is 12.3. The number of carbonyl (C=O) groups is 2. The topological polar surface area (TPSA) is 46.6 Å². The molecular weight excluding hydrogens is 242 g/mol. The van der Waals surface area contributed by atoms with Crippen LogP contribution in [0.15, 0.2) is 30.3 Å². The third-order valence-electron chi connectivity index (χ3n) is 4.04. The summed E-state index contributed by atoms with van der Waals surface area (Å²) in [6, 6.07) is 9.31. The van der Waals surface area contributed by atoms with Gasteiger partial charge < -0.3 is 4.74 Å². The molecule has 1 aliphatic carbocycles. The molecule has 3 rings (SSSR count). The summed E-state index contributed by atoms with van der Waals surface area (Å²) >= 11 is 0. The second-order valence-corrected chi connectivity index (χ2v) is 5.44. The van der Waals surface area contributed by atoms with Crippen molar-refractivity contribution in [2.24, 2.45) is 11.8 Å². The summed E-state index contributed by atoms with van der Waals surface area (Å²) in [7, 11) is 0. The van der Waals surface area contributed by atoms with E-state index >= 15 is 0 Å². The number of cyclic esters (lactones) is 1. The highest BCUT2D eigenvalue weighted by Crippen LogP contribution is 2.41. The first-order chi connectivity index (χ1) is 9.16. The van der Waals surface area contributed by atoms with E-state index < -0.39 is 6.09 Å². The highest BCUT2D eigenvalue weighted by molar-refractivity contribution is 5.94. The van der Waals surface area contributed by atoms with Crippen molar-refractivity contribution >= 4 is 12.0 Å². The van der Waals surface area contributed by atoms with Crippen molar-refractivity contribution in [2.45, 2.75) is 25.8 Å². The monoisotopic (exact) mass is 259 g/mol. The first-order valence-corrected chi connectivity index (χ1v) is 6.70. The average molecular weight is 259 g/mol. The lowest BCUT2D eigenvalue weighted by Crippen LogP contribution is -2.34. The van der Waals surface area contributed by atoms with Crippen LogP contribution in [-0.4, -0.2) is 23.5 Å². The van der Waals surface area contributed by atoms with Crippen molar-refractivity contribution in [2.75, 3.05) is 6.61 Å². The summed E-state index contributed by atoms with van der Waals surface area (Å²) in [6.07, 6.45) is 1.04. The Kier molecular flexibility index (Phi) is 3.01. The standard InChI is InChI=1S/C15H17NO3/c1-10-7-12(10)8-14(17)16-13(9-19-15(16)18)11-5-3-2-4-6-11/h2-6,10,12-13H,7-9H2,1H3. The largest absolute Gasteiger partial charge is 0.446 e. The number of nitrogens with zero attached hydrogens (tertiary/aromatic N) is 1. The van der Waals surface area contributed by atoms with E-state index in [0.29, 0.717) is 18.3 Å². The van der Waals surface area contributed by atoms with Crippen molar-refractivity contribution in [3.8, 4) is 0 Å². The fraction of sp³-hybridized carbons (Fsp3) is 0.467. The lowest BCUT2D eigenvalue weighted by Gasteiger charge is -2.19. The molecule has 1 saturated carbocycles. The quantitative estimate of drug-likeness (QED) is 0.838. The maximum absolute atomic E-state index is 12.3. The van der Waals surface area contributed by atoms with E-state index in [2.05, 4.69) is 6.92 Å². The molecule has 4 heteroatoms. The number of benzene rings is 1. The zero-order valence-corrected chi connectivity index (χ0v) is 10.9. The van der Waals surface area contributed by atoms with E-state index in [9.17, 15) is 9.59 Å². The summed E-state index contributed by atoms with van der Waals surface area (Å²) in [4.78, 5) is 25.3. The third kappa shape index (κ3) is 2.35. The van der Waals surface area contributed by atoms with E-state index in [1.165, 1.54) is 4.90 Å². The lowest BCUT2D eigenvalue weighted by atomic mass is 10.1. The number of hydrogen-bond donors (Lipinski definition) is 0. The molecule has 1 heterocycles. The zero-order chi connectivity index (χ0) is 13.4. The maximum Gasteiger partial charge on any atom is 0.417 e. The molecule has 4 nitrogen and oxygen atoms in total. The van der Waals surface area contributed by atoms with Gasteiger partial charge in [-0.1, -0.05) is 37.3 Å². The van der Waals surface area contributed by atoms with Gasteiger partial charge in [0.25, 0.3) is 0 Å². The first-order valence-electron chi connectivity index (χ1n) is 6.70. The molecular formula is C15H17NO3. The van der Waals surface area contributed by atoms with Gasteiger partial charge in [0.2, 0.25) is 5.91 Å². The molecule has 19 heavy (non-hydrogen) atoms. The van der Waals surface area contributed by atoms with Gasteiger partial charge in [0, 0.05) is 6.42 Å². The predicted molar refractivity (Wildman–Crippen MR) is 69.3 cm³/mol. The third-order valence-corrected chi connectivity index (χ3v) is 4.04. The number of ether oxygens (including phenoxy) is 1. The van der Waals surface area contributed by atoms with Crippen LogP contribution in [0.3, 0.4) is 0 Å². The molecule has 1 saturated heterocycles. The van der Waals surface area contributed by atoms with Crippen molar-refractivity contribution < 1.29 is 14.3 Å². The minimum atomic E-state index is -0.507. The Labute approximate surface area is 112 Å². The molecule has 0 spiro atoms. The number of amides is 2. The van der Waals surface area contributed by atoms with Crippen molar-refractivity contribution in [3.63, 3.8) is 0 Å². The lowest BCUT2D eigenvalue weighted by molar-refractivity contribution is -0.129. The fourth-order valence-corrected chi connectivity index (χ4v) is 2.62.